The molecule has 78 valence electrons. The highest BCUT2D eigenvalue weighted by Crippen LogP contribution is 2.29. The molecule has 4 heteroatoms. The second-order valence-electron chi connectivity index (χ2n) is 3.06. The molecule has 3 nitrogen and oxygen atoms in total. The molecule has 0 amide bonds. The molecule has 0 aliphatic heterocycles. The first-order valence-corrected chi connectivity index (χ1v) is 5.88. The first-order chi connectivity index (χ1) is 6.14. The summed E-state index contributed by atoms with van der Waals surface area (Å²) in [6, 6.07) is 0. The van der Waals surface area contributed by atoms with Crippen LogP contribution in [-0.4, -0.2) is 30.6 Å². The average Bonchev–Trinajstić information content (AvgIpc) is 2.20. The number of hydrogen-bond donors (Lipinski definition) is 2. The Morgan fingerprint density at radius 1 is 1.46 bits per heavy atom. The Labute approximate surface area is 85.6 Å². The summed E-state index contributed by atoms with van der Waals surface area (Å²) in [6.45, 7) is 5.31. The van der Waals surface area contributed by atoms with Crippen molar-refractivity contribution in [2.24, 2.45) is 10.7 Å². The standard InChI is InChI=1S/C9H21N3S/c1-5-9(6-2,13-4)7-12-8(10)11-3/h5-7H2,1-4H3,(H3,10,11,12). The summed E-state index contributed by atoms with van der Waals surface area (Å²) in [5.41, 5.74) is 5.57. The highest BCUT2D eigenvalue weighted by atomic mass is 32.2. The van der Waals surface area contributed by atoms with Gasteiger partial charge in [-0.25, -0.2) is 0 Å². The highest BCUT2D eigenvalue weighted by molar-refractivity contribution is 8.00. The summed E-state index contributed by atoms with van der Waals surface area (Å²) in [7, 11) is 1.70. The third-order valence-corrected chi connectivity index (χ3v) is 4.14. The third kappa shape index (κ3) is 3.89. The van der Waals surface area contributed by atoms with Gasteiger partial charge in [-0.1, -0.05) is 13.8 Å². The Morgan fingerprint density at radius 2 is 2.00 bits per heavy atom. The van der Waals surface area contributed by atoms with Crippen LogP contribution in [-0.2, 0) is 0 Å². The minimum Gasteiger partial charge on any atom is -0.370 e. The van der Waals surface area contributed by atoms with Gasteiger partial charge in [-0.2, -0.15) is 11.8 Å². The molecule has 0 saturated carbocycles. The molecule has 0 aliphatic rings. The summed E-state index contributed by atoms with van der Waals surface area (Å²) in [6.07, 6.45) is 4.44. The molecule has 0 radical (unpaired) electrons. The molecule has 0 saturated heterocycles. The van der Waals surface area contributed by atoms with E-state index in [1.165, 1.54) is 0 Å². The lowest BCUT2D eigenvalue weighted by Gasteiger charge is -2.29. The monoisotopic (exact) mass is 203 g/mol. The second-order valence-corrected chi connectivity index (χ2v) is 4.33. The molecular formula is C9H21N3S. The molecule has 0 bridgehead atoms. The number of rotatable bonds is 5. The Morgan fingerprint density at radius 3 is 2.31 bits per heavy atom. The fraction of sp³-hybridized carbons (Fsp3) is 0.889. The van der Waals surface area contributed by atoms with Crippen molar-refractivity contribution in [3.63, 3.8) is 0 Å². The lowest BCUT2D eigenvalue weighted by molar-refractivity contribution is 0.536. The van der Waals surface area contributed by atoms with Crippen molar-refractivity contribution in [1.29, 1.82) is 0 Å². The normalized spacial score (nSPS) is 13.1. The first-order valence-electron chi connectivity index (χ1n) is 4.65. The van der Waals surface area contributed by atoms with E-state index in [1.807, 2.05) is 11.8 Å². The van der Waals surface area contributed by atoms with Crippen molar-refractivity contribution in [3.8, 4) is 0 Å². The van der Waals surface area contributed by atoms with E-state index in [1.54, 1.807) is 7.05 Å². The van der Waals surface area contributed by atoms with Crippen LogP contribution in [0.15, 0.2) is 4.99 Å². The molecule has 13 heavy (non-hydrogen) atoms. The van der Waals surface area contributed by atoms with Crippen molar-refractivity contribution in [2.75, 3.05) is 19.8 Å². The van der Waals surface area contributed by atoms with Crippen LogP contribution >= 0.6 is 11.8 Å². The zero-order valence-electron chi connectivity index (χ0n) is 9.05. The number of guanidine groups is 1. The molecule has 0 spiro atoms. The number of thioether (sulfide) groups is 1. The topological polar surface area (TPSA) is 50.4 Å². The summed E-state index contributed by atoms with van der Waals surface area (Å²) >= 11 is 1.90. The lowest BCUT2D eigenvalue weighted by Crippen LogP contribution is -2.42. The van der Waals surface area contributed by atoms with Crippen molar-refractivity contribution in [3.05, 3.63) is 0 Å². The smallest absolute Gasteiger partial charge is 0.188 e. The molecule has 0 rings (SSSR count). The van der Waals surface area contributed by atoms with Crippen LogP contribution in [0, 0.1) is 0 Å². The van der Waals surface area contributed by atoms with E-state index in [0.29, 0.717) is 10.7 Å². The number of nitrogens with zero attached hydrogens (tertiary/aromatic N) is 1. The Bertz CT molecular complexity index is 156. The maximum atomic E-state index is 5.57. The van der Waals surface area contributed by atoms with Crippen LogP contribution in [0.3, 0.4) is 0 Å². The van der Waals surface area contributed by atoms with Crippen molar-refractivity contribution in [2.45, 2.75) is 31.4 Å². The number of aliphatic imine (C=N–C) groups is 1. The number of nitrogens with one attached hydrogen (secondary N) is 1. The molecule has 0 atom stereocenters. The van der Waals surface area contributed by atoms with Crippen molar-refractivity contribution in [1.82, 2.24) is 5.32 Å². The average molecular weight is 203 g/mol. The van der Waals surface area contributed by atoms with Crippen LogP contribution in [0.25, 0.3) is 0 Å². The van der Waals surface area contributed by atoms with Gasteiger partial charge < -0.3 is 11.1 Å². The van der Waals surface area contributed by atoms with Gasteiger partial charge in [-0.05, 0) is 19.1 Å². The maximum absolute atomic E-state index is 5.57. The molecule has 0 aliphatic carbocycles. The van der Waals surface area contributed by atoms with Gasteiger partial charge in [-0.3, -0.25) is 4.99 Å². The molecule has 0 fully saturated rings. The fourth-order valence-corrected chi connectivity index (χ4v) is 1.99. The fourth-order valence-electron chi connectivity index (χ4n) is 1.19. The molecule has 0 heterocycles. The van der Waals surface area contributed by atoms with Crippen molar-refractivity contribution < 1.29 is 0 Å². The predicted octanol–water partition coefficient (Wildman–Crippen LogP) is 1.44. The second kappa shape index (κ2) is 6.13. The van der Waals surface area contributed by atoms with E-state index in [2.05, 4.69) is 30.4 Å². The van der Waals surface area contributed by atoms with Gasteiger partial charge in [0.1, 0.15) is 0 Å². The zero-order valence-corrected chi connectivity index (χ0v) is 9.87. The zero-order chi connectivity index (χ0) is 10.3. The van der Waals surface area contributed by atoms with Gasteiger partial charge in [0, 0.05) is 18.3 Å². The van der Waals surface area contributed by atoms with Crippen LogP contribution < -0.4 is 11.1 Å². The van der Waals surface area contributed by atoms with Crippen LogP contribution in [0.2, 0.25) is 0 Å². The molecule has 0 unspecified atom stereocenters. The van der Waals surface area contributed by atoms with E-state index < -0.39 is 0 Å². The summed E-state index contributed by atoms with van der Waals surface area (Å²) in [5, 5.41) is 3.13. The highest BCUT2D eigenvalue weighted by Gasteiger charge is 2.24. The SMILES string of the molecule is CCC(CC)(CNC(N)=NC)SC. The Kier molecular flexibility index (Phi) is 5.95. The quantitative estimate of drug-likeness (QED) is 0.525. The van der Waals surface area contributed by atoms with Crippen molar-refractivity contribution >= 4 is 17.7 Å². The van der Waals surface area contributed by atoms with Gasteiger partial charge in [0.2, 0.25) is 0 Å². The molecule has 0 aromatic carbocycles. The largest absolute Gasteiger partial charge is 0.370 e. The van der Waals surface area contributed by atoms with E-state index in [-0.39, 0.29) is 0 Å². The van der Waals surface area contributed by atoms with Crippen LogP contribution in [0.4, 0.5) is 0 Å². The number of hydrogen-bond acceptors (Lipinski definition) is 2. The third-order valence-electron chi connectivity index (χ3n) is 2.55. The maximum Gasteiger partial charge on any atom is 0.188 e. The van der Waals surface area contributed by atoms with E-state index >= 15 is 0 Å². The molecule has 0 aromatic heterocycles. The van der Waals surface area contributed by atoms with E-state index in [0.717, 1.165) is 19.4 Å². The van der Waals surface area contributed by atoms with Crippen LogP contribution in [0.5, 0.6) is 0 Å². The summed E-state index contributed by atoms with van der Waals surface area (Å²) in [4.78, 5) is 3.87. The van der Waals surface area contributed by atoms with Gasteiger partial charge in [-0.15, -0.1) is 0 Å². The predicted molar refractivity (Wildman–Crippen MR) is 62.4 cm³/mol. The summed E-state index contributed by atoms with van der Waals surface area (Å²) < 4.78 is 0.301. The van der Waals surface area contributed by atoms with Gasteiger partial charge in [0.15, 0.2) is 5.96 Å². The molecule has 3 N–H and O–H groups in total. The van der Waals surface area contributed by atoms with Crippen LogP contribution in [0.1, 0.15) is 26.7 Å². The Hall–Kier alpha value is -0.380. The lowest BCUT2D eigenvalue weighted by atomic mass is 10.0. The number of nitrogens with two attached hydrogens (primary N) is 1. The van der Waals surface area contributed by atoms with Gasteiger partial charge >= 0.3 is 0 Å². The minimum atomic E-state index is 0.301. The summed E-state index contributed by atoms with van der Waals surface area (Å²) in [5.74, 6) is 0.528. The van der Waals surface area contributed by atoms with Gasteiger partial charge in [0.25, 0.3) is 0 Å². The Balaban J connectivity index is 4.10. The molecule has 0 aromatic rings. The van der Waals surface area contributed by atoms with E-state index in [9.17, 15) is 0 Å². The van der Waals surface area contributed by atoms with E-state index in [4.69, 9.17) is 5.73 Å². The van der Waals surface area contributed by atoms with Gasteiger partial charge in [0.05, 0.1) is 0 Å². The first kappa shape index (κ1) is 12.6. The minimum absolute atomic E-state index is 0.301. The molecular weight excluding hydrogens is 182 g/mol.